The van der Waals surface area contributed by atoms with Crippen molar-refractivity contribution in [1.29, 1.82) is 0 Å². The maximum atomic E-state index is 13.4. The van der Waals surface area contributed by atoms with Gasteiger partial charge in [-0.15, -0.1) is 6.58 Å². The summed E-state index contributed by atoms with van der Waals surface area (Å²) in [6, 6.07) is 2.05. The minimum absolute atomic E-state index is 0.105. The molecule has 3 rings (SSSR count). The predicted molar refractivity (Wildman–Crippen MR) is 116 cm³/mol. The van der Waals surface area contributed by atoms with Crippen molar-refractivity contribution in [2.24, 2.45) is 0 Å². The molecule has 7 nitrogen and oxygen atoms in total. The van der Waals surface area contributed by atoms with E-state index >= 15 is 0 Å². The van der Waals surface area contributed by atoms with Gasteiger partial charge in [-0.3, -0.25) is 14.3 Å². The Morgan fingerprint density at radius 1 is 1.40 bits per heavy atom. The summed E-state index contributed by atoms with van der Waals surface area (Å²) in [5.74, 6) is -0.278. The zero-order valence-electron chi connectivity index (χ0n) is 18.9. The van der Waals surface area contributed by atoms with Crippen LogP contribution in [0.3, 0.4) is 0 Å². The summed E-state index contributed by atoms with van der Waals surface area (Å²) in [5, 5.41) is 7.96. The number of amides is 2. The number of aromatic nitrogens is 2. The fraction of sp³-hybridized carbons (Fsp3) is 0.696. The Labute approximate surface area is 179 Å². The number of carbonyl (C=O) groups excluding carboxylic acids is 2. The highest BCUT2D eigenvalue weighted by atomic mass is 16.5. The molecule has 1 fully saturated rings. The van der Waals surface area contributed by atoms with Gasteiger partial charge in [0.05, 0.1) is 18.8 Å². The Bertz CT molecular complexity index is 794. The largest absolute Gasteiger partial charge is 0.383 e. The highest BCUT2D eigenvalue weighted by molar-refractivity contribution is 5.99. The molecule has 1 aliphatic carbocycles. The van der Waals surface area contributed by atoms with E-state index in [4.69, 9.17) is 9.84 Å². The first-order valence-corrected chi connectivity index (χ1v) is 11.0. The van der Waals surface area contributed by atoms with Crippen LogP contribution in [0, 0.1) is 0 Å². The first-order valence-electron chi connectivity index (χ1n) is 11.0. The maximum absolute atomic E-state index is 13.4. The van der Waals surface area contributed by atoms with E-state index in [1.807, 2.05) is 19.1 Å². The molecule has 1 aromatic heterocycles. The van der Waals surface area contributed by atoms with E-state index in [9.17, 15) is 9.59 Å². The van der Waals surface area contributed by atoms with Gasteiger partial charge in [0.1, 0.15) is 11.2 Å². The van der Waals surface area contributed by atoms with Gasteiger partial charge in [-0.05, 0) is 32.3 Å². The number of nitrogens with one attached hydrogen (secondary N) is 1. The van der Waals surface area contributed by atoms with Gasteiger partial charge in [-0.1, -0.05) is 39.2 Å². The van der Waals surface area contributed by atoms with Crippen molar-refractivity contribution in [3.05, 3.63) is 30.1 Å². The van der Waals surface area contributed by atoms with E-state index in [1.54, 1.807) is 16.7 Å². The van der Waals surface area contributed by atoms with Gasteiger partial charge in [0.25, 0.3) is 5.91 Å². The third-order valence-corrected chi connectivity index (χ3v) is 6.59. The fourth-order valence-electron chi connectivity index (χ4n) is 4.56. The van der Waals surface area contributed by atoms with E-state index < -0.39 is 5.54 Å². The summed E-state index contributed by atoms with van der Waals surface area (Å²) < 4.78 is 6.95. The first kappa shape index (κ1) is 22.5. The Morgan fingerprint density at radius 3 is 2.73 bits per heavy atom. The van der Waals surface area contributed by atoms with Crippen LogP contribution in [0.15, 0.2) is 18.7 Å². The molecule has 1 saturated carbocycles. The van der Waals surface area contributed by atoms with Crippen LogP contribution in [-0.4, -0.2) is 58.3 Å². The SMILES string of the molecule is C=CCC(C)(C)c1cc2n(n1)CC(C)(C(=O)NC1CCCCC1)N(CCOC)C2=O. The number of hydrogen-bond acceptors (Lipinski definition) is 4. The summed E-state index contributed by atoms with van der Waals surface area (Å²) in [6.45, 7) is 10.9. The van der Waals surface area contributed by atoms with E-state index in [0.29, 0.717) is 25.4 Å². The summed E-state index contributed by atoms with van der Waals surface area (Å²) in [4.78, 5) is 28.5. The Kier molecular flexibility index (Phi) is 6.70. The third-order valence-electron chi connectivity index (χ3n) is 6.59. The van der Waals surface area contributed by atoms with Gasteiger partial charge < -0.3 is 15.0 Å². The summed E-state index contributed by atoms with van der Waals surface area (Å²) in [7, 11) is 1.61. The lowest BCUT2D eigenvalue weighted by Crippen LogP contribution is -2.65. The smallest absolute Gasteiger partial charge is 0.273 e. The van der Waals surface area contributed by atoms with Gasteiger partial charge >= 0.3 is 0 Å². The van der Waals surface area contributed by atoms with Crippen LogP contribution >= 0.6 is 0 Å². The number of methoxy groups -OCH3 is 1. The van der Waals surface area contributed by atoms with Gasteiger partial charge in [0.2, 0.25) is 5.91 Å². The van der Waals surface area contributed by atoms with Crippen molar-refractivity contribution in [2.45, 2.75) is 82.8 Å². The fourth-order valence-corrected chi connectivity index (χ4v) is 4.56. The zero-order chi connectivity index (χ0) is 21.9. The van der Waals surface area contributed by atoms with E-state index in [1.165, 1.54) is 6.42 Å². The highest BCUT2D eigenvalue weighted by Crippen LogP contribution is 2.32. The second-order valence-electron chi connectivity index (χ2n) is 9.48. The molecule has 7 heteroatoms. The van der Waals surface area contributed by atoms with Crippen molar-refractivity contribution in [2.75, 3.05) is 20.3 Å². The summed E-state index contributed by atoms with van der Waals surface area (Å²) in [5.41, 5.74) is 0.131. The molecule has 1 N–H and O–H groups in total. The Hall–Kier alpha value is -2.15. The maximum Gasteiger partial charge on any atom is 0.273 e. The van der Waals surface area contributed by atoms with Crippen LogP contribution in [0.25, 0.3) is 0 Å². The number of rotatable bonds is 8. The number of fused-ring (bicyclic) bond motifs is 1. The molecular weight excluding hydrogens is 380 g/mol. The number of hydrogen-bond donors (Lipinski definition) is 1. The highest BCUT2D eigenvalue weighted by Gasteiger charge is 2.48. The van der Waals surface area contributed by atoms with E-state index in [0.717, 1.165) is 37.8 Å². The van der Waals surface area contributed by atoms with Crippen LogP contribution < -0.4 is 5.32 Å². The molecule has 166 valence electrons. The van der Waals surface area contributed by atoms with Gasteiger partial charge in [0.15, 0.2) is 0 Å². The standard InChI is InChI=1S/C23H36N4O3/c1-6-12-22(2,3)19-15-18-20(28)26(13-14-30-5)23(4,16-27(18)25-19)21(29)24-17-10-8-7-9-11-17/h6,15,17H,1,7-14,16H2,2-5H3,(H,24,29). The molecule has 1 atom stereocenters. The van der Waals surface area contributed by atoms with Crippen LogP contribution in [-0.2, 0) is 21.5 Å². The molecule has 2 amide bonds. The van der Waals surface area contributed by atoms with Crippen LogP contribution in [0.5, 0.6) is 0 Å². The molecule has 0 aromatic carbocycles. The monoisotopic (exact) mass is 416 g/mol. The molecule has 0 radical (unpaired) electrons. The van der Waals surface area contributed by atoms with Crippen molar-refractivity contribution < 1.29 is 14.3 Å². The van der Waals surface area contributed by atoms with Crippen molar-refractivity contribution in [1.82, 2.24) is 20.0 Å². The number of allylic oxidation sites excluding steroid dienone is 1. The van der Waals surface area contributed by atoms with Gasteiger partial charge in [-0.25, -0.2) is 0 Å². The van der Waals surface area contributed by atoms with Gasteiger partial charge in [-0.2, -0.15) is 5.10 Å². The van der Waals surface area contributed by atoms with Crippen LogP contribution in [0.2, 0.25) is 0 Å². The number of nitrogens with zero attached hydrogens (tertiary/aromatic N) is 3. The zero-order valence-corrected chi connectivity index (χ0v) is 18.9. The predicted octanol–water partition coefficient (Wildman–Crippen LogP) is 3.05. The first-order chi connectivity index (χ1) is 14.2. The quantitative estimate of drug-likeness (QED) is 0.661. The van der Waals surface area contributed by atoms with Crippen molar-refractivity contribution >= 4 is 11.8 Å². The molecule has 30 heavy (non-hydrogen) atoms. The van der Waals surface area contributed by atoms with Crippen LogP contribution in [0.1, 0.15) is 75.5 Å². The molecule has 0 bridgehead atoms. The molecule has 1 aromatic rings. The summed E-state index contributed by atoms with van der Waals surface area (Å²) >= 11 is 0. The molecular formula is C23H36N4O3. The van der Waals surface area contributed by atoms with E-state index in [-0.39, 0.29) is 23.3 Å². The topological polar surface area (TPSA) is 76.5 Å². The minimum atomic E-state index is -1.01. The average Bonchev–Trinajstić information content (AvgIpc) is 3.13. The molecule has 2 heterocycles. The molecule has 0 spiro atoms. The molecule has 1 aliphatic heterocycles. The summed E-state index contributed by atoms with van der Waals surface area (Å²) in [6.07, 6.45) is 8.12. The van der Waals surface area contributed by atoms with E-state index in [2.05, 4.69) is 25.7 Å². The van der Waals surface area contributed by atoms with Crippen molar-refractivity contribution in [3.63, 3.8) is 0 Å². The second kappa shape index (κ2) is 8.92. The lowest BCUT2D eigenvalue weighted by atomic mass is 9.85. The average molecular weight is 417 g/mol. The number of ether oxygens (including phenoxy) is 1. The lowest BCUT2D eigenvalue weighted by molar-refractivity contribution is -0.134. The third kappa shape index (κ3) is 4.31. The Morgan fingerprint density at radius 2 is 2.10 bits per heavy atom. The van der Waals surface area contributed by atoms with Crippen LogP contribution in [0.4, 0.5) is 0 Å². The Balaban J connectivity index is 1.92. The second-order valence-corrected chi connectivity index (χ2v) is 9.48. The molecule has 1 unspecified atom stereocenters. The number of carbonyl (C=O) groups is 2. The molecule has 2 aliphatic rings. The minimum Gasteiger partial charge on any atom is -0.383 e. The normalized spacial score (nSPS) is 22.7. The lowest BCUT2D eigenvalue weighted by Gasteiger charge is -2.44. The molecule has 0 saturated heterocycles. The van der Waals surface area contributed by atoms with Gasteiger partial charge in [0, 0.05) is 25.1 Å². The van der Waals surface area contributed by atoms with Crippen molar-refractivity contribution in [3.8, 4) is 0 Å².